The van der Waals surface area contributed by atoms with Crippen molar-refractivity contribution in [1.29, 1.82) is 0 Å². The predicted octanol–water partition coefficient (Wildman–Crippen LogP) is 2.83. The van der Waals surface area contributed by atoms with Gasteiger partial charge in [0.2, 0.25) is 0 Å². The highest BCUT2D eigenvalue weighted by Crippen LogP contribution is 2.17. The quantitative estimate of drug-likeness (QED) is 0.910. The van der Waals surface area contributed by atoms with Crippen LogP contribution in [0.4, 0.5) is 4.79 Å². The maximum atomic E-state index is 12.4. The van der Waals surface area contributed by atoms with Crippen LogP contribution in [0.15, 0.2) is 30.3 Å². The number of carbonyl (C=O) groups excluding carboxylic acids is 1. The van der Waals surface area contributed by atoms with Crippen molar-refractivity contribution in [3.05, 3.63) is 35.9 Å². The first-order chi connectivity index (χ1) is 9.85. The molecule has 1 aliphatic rings. The van der Waals surface area contributed by atoms with E-state index < -0.39 is 5.60 Å². The molecule has 1 N–H and O–H groups in total. The van der Waals surface area contributed by atoms with Crippen molar-refractivity contribution < 1.29 is 9.53 Å². The number of rotatable bonds is 2. The van der Waals surface area contributed by atoms with E-state index in [1.165, 1.54) is 5.56 Å². The maximum absolute atomic E-state index is 12.4. The van der Waals surface area contributed by atoms with Crippen LogP contribution >= 0.6 is 0 Å². The number of hydrogen-bond acceptors (Lipinski definition) is 3. The normalized spacial score (nSPS) is 23.0. The maximum Gasteiger partial charge on any atom is 0.410 e. The van der Waals surface area contributed by atoms with Gasteiger partial charge in [0.05, 0.1) is 6.04 Å². The van der Waals surface area contributed by atoms with E-state index >= 15 is 0 Å². The Morgan fingerprint density at radius 3 is 2.62 bits per heavy atom. The van der Waals surface area contributed by atoms with E-state index in [-0.39, 0.29) is 12.1 Å². The second-order valence-electron chi connectivity index (χ2n) is 6.79. The molecule has 4 heteroatoms. The molecule has 0 bridgehead atoms. The van der Waals surface area contributed by atoms with Crippen molar-refractivity contribution in [1.82, 2.24) is 10.2 Å². The summed E-state index contributed by atoms with van der Waals surface area (Å²) in [6.07, 6.45) is 0.636. The first-order valence-corrected chi connectivity index (χ1v) is 7.62. The molecule has 1 aromatic rings. The van der Waals surface area contributed by atoms with Gasteiger partial charge in [-0.15, -0.1) is 0 Å². The van der Waals surface area contributed by atoms with Gasteiger partial charge in [-0.3, -0.25) is 0 Å². The molecule has 0 spiro atoms. The summed E-state index contributed by atoms with van der Waals surface area (Å²) in [5, 5.41) is 3.45. The lowest BCUT2D eigenvalue weighted by molar-refractivity contribution is 0.00831. The van der Waals surface area contributed by atoms with Gasteiger partial charge in [-0.1, -0.05) is 30.3 Å². The highest BCUT2D eigenvalue weighted by atomic mass is 16.6. The van der Waals surface area contributed by atoms with Gasteiger partial charge < -0.3 is 15.0 Å². The minimum atomic E-state index is -0.456. The van der Waals surface area contributed by atoms with E-state index in [9.17, 15) is 4.79 Å². The van der Waals surface area contributed by atoms with Crippen LogP contribution in [0.1, 0.15) is 33.3 Å². The monoisotopic (exact) mass is 290 g/mol. The highest BCUT2D eigenvalue weighted by Gasteiger charge is 2.32. The summed E-state index contributed by atoms with van der Waals surface area (Å²) in [6.45, 7) is 9.30. The Hall–Kier alpha value is -1.55. The molecule has 1 aromatic carbocycles. The Morgan fingerprint density at radius 2 is 2.00 bits per heavy atom. The predicted molar refractivity (Wildman–Crippen MR) is 84.3 cm³/mol. The lowest BCUT2D eigenvalue weighted by atomic mass is 10.0. The van der Waals surface area contributed by atoms with Gasteiger partial charge >= 0.3 is 6.09 Å². The van der Waals surface area contributed by atoms with Crippen LogP contribution in [0.5, 0.6) is 0 Å². The van der Waals surface area contributed by atoms with E-state index in [1.54, 1.807) is 0 Å². The fourth-order valence-electron chi connectivity index (χ4n) is 2.57. The van der Waals surface area contributed by atoms with Crippen molar-refractivity contribution in [2.45, 2.75) is 51.8 Å². The number of amides is 1. The van der Waals surface area contributed by atoms with Crippen LogP contribution in [0, 0.1) is 0 Å². The van der Waals surface area contributed by atoms with Gasteiger partial charge in [0.25, 0.3) is 0 Å². The molecule has 0 aromatic heterocycles. The first-order valence-electron chi connectivity index (χ1n) is 7.62. The van der Waals surface area contributed by atoms with Crippen molar-refractivity contribution in [2.75, 3.05) is 13.1 Å². The molecule has 4 nitrogen and oxygen atoms in total. The molecular weight excluding hydrogens is 264 g/mol. The molecule has 1 heterocycles. The van der Waals surface area contributed by atoms with E-state index in [0.29, 0.717) is 12.6 Å². The van der Waals surface area contributed by atoms with Crippen molar-refractivity contribution in [3.63, 3.8) is 0 Å². The summed E-state index contributed by atoms with van der Waals surface area (Å²) in [5.74, 6) is 0. The average molecular weight is 290 g/mol. The van der Waals surface area contributed by atoms with Crippen LogP contribution in [0.3, 0.4) is 0 Å². The second-order valence-corrected chi connectivity index (χ2v) is 6.79. The Kier molecular flexibility index (Phi) is 4.88. The Balaban J connectivity index is 2.08. The number of ether oxygens (including phenoxy) is 1. The van der Waals surface area contributed by atoms with E-state index in [1.807, 2.05) is 43.9 Å². The third kappa shape index (κ3) is 4.74. The lowest BCUT2D eigenvalue weighted by Crippen LogP contribution is -2.58. The van der Waals surface area contributed by atoms with Gasteiger partial charge in [-0.05, 0) is 39.7 Å². The fraction of sp³-hybridized carbons (Fsp3) is 0.588. The summed E-state index contributed by atoms with van der Waals surface area (Å²) in [5.41, 5.74) is 0.787. The molecule has 116 valence electrons. The molecule has 0 radical (unpaired) electrons. The number of hydrogen-bond donors (Lipinski definition) is 1. The minimum absolute atomic E-state index is 0.137. The van der Waals surface area contributed by atoms with Crippen LogP contribution in [0.2, 0.25) is 0 Å². The number of nitrogens with zero attached hydrogens (tertiary/aromatic N) is 1. The highest BCUT2D eigenvalue weighted by molar-refractivity contribution is 5.69. The zero-order valence-corrected chi connectivity index (χ0v) is 13.4. The fourth-order valence-corrected chi connectivity index (χ4v) is 2.57. The Labute approximate surface area is 127 Å². The largest absolute Gasteiger partial charge is 0.444 e. The third-order valence-electron chi connectivity index (χ3n) is 3.56. The lowest BCUT2D eigenvalue weighted by Gasteiger charge is -2.40. The van der Waals surface area contributed by atoms with E-state index in [2.05, 4.69) is 24.4 Å². The van der Waals surface area contributed by atoms with Crippen molar-refractivity contribution in [2.24, 2.45) is 0 Å². The smallest absolute Gasteiger partial charge is 0.410 e. The van der Waals surface area contributed by atoms with Crippen LogP contribution in [-0.4, -0.2) is 41.8 Å². The molecular formula is C17H26N2O2. The topological polar surface area (TPSA) is 41.6 Å². The SMILES string of the molecule is C[C@@H]1CN(C(=O)OC(C)(C)C)[C@H](Cc2ccccc2)CN1. The van der Waals surface area contributed by atoms with Gasteiger partial charge in [-0.2, -0.15) is 0 Å². The summed E-state index contributed by atoms with van der Waals surface area (Å²) in [7, 11) is 0. The summed E-state index contributed by atoms with van der Waals surface area (Å²) < 4.78 is 5.55. The Bertz CT molecular complexity index is 467. The number of carbonyl (C=O) groups is 1. The molecule has 2 rings (SSSR count). The zero-order valence-electron chi connectivity index (χ0n) is 13.4. The molecule has 2 atom stereocenters. The van der Waals surface area contributed by atoms with E-state index in [4.69, 9.17) is 4.74 Å². The van der Waals surface area contributed by atoms with Gasteiger partial charge in [0.1, 0.15) is 5.60 Å². The first kappa shape index (κ1) is 15.8. The van der Waals surface area contributed by atoms with Crippen LogP contribution in [-0.2, 0) is 11.2 Å². The number of benzene rings is 1. The second kappa shape index (κ2) is 6.48. The van der Waals surface area contributed by atoms with E-state index in [0.717, 1.165) is 13.0 Å². The van der Waals surface area contributed by atoms with Gasteiger partial charge in [0, 0.05) is 19.1 Å². The molecule has 1 fully saturated rings. The minimum Gasteiger partial charge on any atom is -0.444 e. The van der Waals surface area contributed by atoms with Gasteiger partial charge in [0.15, 0.2) is 0 Å². The molecule has 1 amide bonds. The van der Waals surface area contributed by atoms with Gasteiger partial charge in [-0.25, -0.2) is 4.79 Å². The van der Waals surface area contributed by atoms with Crippen LogP contribution in [0.25, 0.3) is 0 Å². The number of piperazine rings is 1. The van der Waals surface area contributed by atoms with Crippen LogP contribution < -0.4 is 5.32 Å². The summed E-state index contributed by atoms with van der Waals surface area (Å²) in [4.78, 5) is 14.3. The summed E-state index contributed by atoms with van der Waals surface area (Å²) >= 11 is 0. The molecule has 0 unspecified atom stereocenters. The standard InChI is InChI=1S/C17H26N2O2/c1-13-12-19(16(20)21-17(2,3)4)15(11-18-13)10-14-8-6-5-7-9-14/h5-9,13,15,18H,10-12H2,1-4H3/t13-,15-/m1/s1. The third-order valence-corrected chi connectivity index (χ3v) is 3.56. The zero-order chi connectivity index (χ0) is 15.5. The molecule has 21 heavy (non-hydrogen) atoms. The average Bonchev–Trinajstić information content (AvgIpc) is 2.40. The molecule has 0 saturated carbocycles. The Morgan fingerprint density at radius 1 is 1.33 bits per heavy atom. The number of nitrogens with one attached hydrogen (secondary N) is 1. The van der Waals surface area contributed by atoms with Crippen molar-refractivity contribution >= 4 is 6.09 Å². The molecule has 1 aliphatic heterocycles. The molecule has 0 aliphatic carbocycles. The van der Waals surface area contributed by atoms with Crippen molar-refractivity contribution in [3.8, 4) is 0 Å². The molecule has 1 saturated heterocycles. The summed E-state index contributed by atoms with van der Waals surface area (Å²) in [6, 6.07) is 10.7.